The second-order valence-corrected chi connectivity index (χ2v) is 5.44. The van der Waals surface area contributed by atoms with Gasteiger partial charge in [-0.1, -0.05) is 0 Å². The van der Waals surface area contributed by atoms with E-state index in [0.29, 0.717) is 6.04 Å². The fourth-order valence-corrected chi connectivity index (χ4v) is 3.02. The van der Waals surface area contributed by atoms with Crippen LogP contribution in [0.2, 0.25) is 0 Å². The van der Waals surface area contributed by atoms with Crippen molar-refractivity contribution in [1.82, 2.24) is 34.6 Å². The Morgan fingerprint density at radius 1 is 1.38 bits per heavy atom. The van der Waals surface area contributed by atoms with E-state index in [2.05, 4.69) is 29.9 Å². The Morgan fingerprint density at radius 2 is 2.38 bits per heavy atom. The number of rotatable bonds is 4. The maximum absolute atomic E-state index is 4.56. The smallest absolute Gasteiger partial charge is 0.177 e. The molecule has 1 fully saturated rings. The number of likely N-dealkylation sites (tertiary alicyclic amines) is 1. The summed E-state index contributed by atoms with van der Waals surface area (Å²) in [6.07, 6.45) is 7.55. The summed E-state index contributed by atoms with van der Waals surface area (Å²) in [7, 11) is 0. The summed E-state index contributed by atoms with van der Waals surface area (Å²) >= 11 is 0. The number of hydrogen-bond donors (Lipinski definition) is 1. The van der Waals surface area contributed by atoms with Crippen LogP contribution in [0.1, 0.15) is 18.7 Å². The molecule has 21 heavy (non-hydrogen) atoms. The van der Waals surface area contributed by atoms with E-state index in [9.17, 15) is 0 Å². The molecule has 7 nitrogen and oxygen atoms in total. The molecule has 0 amide bonds. The van der Waals surface area contributed by atoms with Gasteiger partial charge in [-0.2, -0.15) is 5.10 Å². The average Bonchev–Trinajstić information content (AvgIpc) is 3.21. The summed E-state index contributed by atoms with van der Waals surface area (Å²) in [5.74, 6) is 0.981. The number of pyridine rings is 1. The quantitative estimate of drug-likeness (QED) is 0.779. The van der Waals surface area contributed by atoms with Crippen LogP contribution in [-0.4, -0.2) is 47.2 Å². The van der Waals surface area contributed by atoms with Crippen molar-refractivity contribution in [3.8, 4) is 0 Å². The molecule has 0 bridgehead atoms. The van der Waals surface area contributed by atoms with Crippen molar-refractivity contribution in [3.05, 3.63) is 36.8 Å². The molecule has 1 aliphatic heterocycles. The first-order valence-corrected chi connectivity index (χ1v) is 7.24. The molecular weight excluding hydrogens is 266 g/mol. The van der Waals surface area contributed by atoms with Crippen LogP contribution in [0.4, 0.5) is 0 Å². The van der Waals surface area contributed by atoms with Crippen LogP contribution in [-0.2, 0) is 13.1 Å². The fourth-order valence-electron chi connectivity index (χ4n) is 3.02. The molecule has 3 aromatic heterocycles. The van der Waals surface area contributed by atoms with Crippen LogP contribution in [0, 0.1) is 0 Å². The zero-order valence-electron chi connectivity index (χ0n) is 11.7. The van der Waals surface area contributed by atoms with Crippen LogP contribution < -0.4 is 0 Å². The molecule has 1 N–H and O–H groups in total. The third-order valence-corrected chi connectivity index (χ3v) is 4.02. The van der Waals surface area contributed by atoms with Crippen molar-refractivity contribution in [1.29, 1.82) is 0 Å². The highest BCUT2D eigenvalue weighted by Crippen LogP contribution is 2.21. The minimum absolute atomic E-state index is 0.493. The molecule has 0 saturated carbocycles. The molecule has 7 heteroatoms. The second kappa shape index (κ2) is 5.25. The van der Waals surface area contributed by atoms with E-state index in [1.54, 1.807) is 18.9 Å². The summed E-state index contributed by atoms with van der Waals surface area (Å²) in [5, 5.41) is 4.20. The van der Waals surface area contributed by atoms with Gasteiger partial charge in [0.1, 0.15) is 18.5 Å². The van der Waals surface area contributed by atoms with Gasteiger partial charge in [0.15, 0.2) is 5.65 Å². The maximum Gasteiger partial charge on any atom is 0.177 e. The van der Waals surface area contributed by atoms with Crippen LogP contribution in [0.3, 0.4) is 0 Å². The Balaban J connectivity index is 1.49. The van der Waals surface area contributed by atoms with E-state index < -0.39 is 0 Å². The number of nitrogens with zero attached hydrogens (tertiary/aromatic N) is 6. The van der Waals surface area contributed by atoms with Gasteiger partial charge < -0.3 is 4.98 Å². The normalized spacial score (nSPS) is 19.5. The van der Waals surface area contributed by atoms with Crippen LogP contribution in [0.15, 0.2) is 31.0 Å². The lowest BCUT2D eigenvalue weighted by molar-refractivity contribution is 0.215. The van der Waals surface area contributed by atoms with Crippen molar-refractivity contribution >= 4 is 11.2 Å². The molecule has 4 heterocycles. The van der Waals surface area contributed by atoms with E-state index in [1.807, 2.05) is 16.8 Å². The number of fused-ring (bicyclic) bond motifs is 1. The first kappa shape index (κ1) is 12.5. The summed E-state index contributed by atoms with van der Waals surface area (Å²) in [5.41, 5.74) is 1.79. The average molecular weight is 283 g/mol. The van der Waals surface area contributed by atoms with E-state index in [4.69, 9.17) is 0 Å². The molecule has 4 rings (SSSR count). The van der Waals surface area contributed by atoms with Gasteiger partial charge in [0, 0.05) is 12.2 Å². The molecule has 0 radical (unpaired) electrons. The topological polar surface area (TPSA) is 75.5 Å². The molecule has 0 aromatic carbocycles. The number of hydrogen-bond acceptors (Lipinski definition) is 5. The van der Waals surface area contributed by atoms with Gasteiger partial charge in [-0.05, 0) is 31.5 Å². The summed E-state index contributed by atoms with van der Waals surface area (Å²) in [6, 6.07) is 4.43. The fraction of sp³-hybridized carbons (Fsp3) is 0.429. The van der Waals surface area contributed by atoms with Gasteiger partial charge in [-0.25, -0.2) is 15.0 Å². The van der Waals surface area contributed by atoms with Gasteiger partial charge in [-0.3, -0.25) is 9.58 Å². The number of imidazole rings is 1. The largest absolute Gasteiger partial charge is 0.340 e. The lowest BCUT2D eigenvalue weighted by atomic mass is 10.2. The molecule has 1 saturated heterocycles. The molecule has 1 atom stereocenters. The Bertz CT molecular complexity index is 685. The molecule has 0 spiro atoms. The molecule has 108 valence electrons. The van der Waals surface area contributed by atoms with Crippen molar-refractivity contribution in [2.45, 2.75) is 32.0 Å². The molecule has 1 unspecified atom stereocenters. The predicted molar refractivity (Wildman–Crippen MR) is 77.3 cm³/mol. The number of aromatic amines is 1. The van der Waals surface area contributed by atoms with E-state index >= 15 is 0 Å². The second-order valence-electron chi connectivity index (χ2n) is 5.44. The Kier molecular flexibility index (Phi) is 3.11. The molecule has 1 aliphatic rings. The third-order valence-electron chi connectivity index (χ3n) is 4.02. The highest BCUT2D eigenvalue weighted by molar-refractivity contribution is 5.69. The first-order chi connectivity index (χ1) is 10.4. The van der Waals surface area contributed by atoms with Gasteiger partial charge in [0.25, 0.3) is 0 Å². The number of nitrogens with one attached hydrogen (secondary N) is 1. The van der Waals surface area contributed by atoms with Crippen LogP contribution in [0.25, 0.3) is 11.2 Å². The Morgan fingerprint density at radius 3 is 3.24 bits per heavy atom. The van der Waals surface area contributed by atoms with Crippen molar-refractivity contribution in [2.24, 2.45) is 0 Å². The standard InChI is InChI=1S/C14H17N7/c1-4-12-14(16-5-1)19-13(18-12)8-20-6-2-3-11(20)7-21-10-15-9-17-21/h1,4-5,9-11H,2-3,6-8H2,(H,16,18,19). The van der Waals surface area contributed by atoms with Crippen LogP contribution in [0.5, 0.6) is 0 Å². The zero-order valence-corrected chi connectivity index (χ0v) is 11.7. The highest BCUT2D eigenvalue weighted by Gasteiger charge is 2.25. The monoisotopic (exact) mass is 283 g/mol. The lowest BCUT2D eigenvalue weighted by Gasteiger charge is -2.23. The summed E-state index contributed by atoms with van der Waals surface area (Å²) < 4.78 is 1.91. The molecular formula is C14H17N7. The minimum atomic E-state index is 0.493. The van der Waals surface area contributed by atoms with Gasteiger partial charge in [-0.15, -0.1) is 0 Å². The third kappa shape index (κ3) is 2.52. The van der Waals surface area contributed by atoms with E-state index in [-0.39, 0.29) is 0 Å². The predicted octanol–water partition coefficient (Wildman–Crippen LogP) is 1.21. The molecule has 3 aromatic rings. The summed E-state index contributed by atoms with van der Waals surface area (Å²) in [6.45, 7) is 2.82. The van der Waals surface area contributed by atoms with Gasteiger partial charge in [0.2, 0.25) is 0 Å². The maximum atomic E-state index is 4.56. The van der Waals surface area contributed by atoms with Gasteiger partial charge >= 0.3 is 0 Å². The molecule has 0 aliphatic carbocycles. The highest BCUT2D eigenvalue weighted by atomic mass is 15.3. The van der Waals surface area contributed by atoms with Crippen LogP contribution >= 0.6 is 0 Å². The Hall–Kier alpha value is -2.28. The number of aromatic nitrogens is 6. The number of H-pyrrole nitrogens is 1. The zero-order chi connectivity index (χ0) is 14.1. The van der Waals surface area contributed by atoms with E-state index in [1.165, 1.54) is 12.8 Å². The van der Waals surface area contributed by atoms with Gasteiger partial charge in [0.05, 0.1) is 18.6 Å². The van der Waals surface area contributed by atoms with Crippen molar-refractivity contribution in [2.75, 3.05) is 6.54 Å². The first-order valence-electron chi connectivity index (χ1n) is 7.24. The summed E-state index contributed by atoms with van der Waals surface area (Å²) in [4.78, 5) is 18.7. The van der Waals surface area contributed by atoms with E-state index in [0.717, 1.165) is 36.6 Å². The minimum Gasteiger partial charge on any atom is -0.340 e. The Labute approximate surface area is 122 Å². The van der Waals surface area contributed by atoms with Crippen molar-refractivity contribution in [3.63, 3.8) is 0 Å². The SMILES string of the molecule is c1cnc2nc(CN3CCCC3Cn3cncn3)[nH]c2c1. The van der Waals surface area contributed by atoms with Crippen molar-refractivity contribution < 1.29 is 0 Å². The lowest BCUT2D eigenvalue weighted by Crippen LogP contribution is -2.33.